The third-order valence-electron chi connectivity index (χ3n) is 1.60. The quantitative estimate of drug-likeness (QED) is 0.719. The van der Waals surface area contributed by atoms with Crippen molar-refractivity contribution in [1.82, 2.24) is 0 Å². The minimum atomic E-state index is -0.505. The summed E-state index contributed by atoms with van der Waals surface area (Å²) in [4.78, 5) is 10.9. The van der Waals surface area contributed by atoms with Crippen molar-refractivity contribution in [2.24, 2.45) is 5.73 Å². The first-order valence-corrected chi connectivity index (χ1v) is 4.04. The molecule has 0 aliphatic rings. The van der Waals surface area contributed by atoms with Gasteiger partial charge in [0.25, 0.3) is 0 Å². The predicted molar refractivity (Wildman–Crippen MR) is 53.7 cm³/mol. The van der Waals surface area contributed by atoms with Gasteiger partial charge in [-0.15, -0.1) is 0 Å². The van der Waals surface area contributed by atoms with Gasteiger partial charge < -0.3 is 10.5 Å². The van der Waals surface area contributed by atoms with E-state index in [1.807, 2.05) is 0 Å². The number of rotatable bonds is 2. The Balaban J connectivity index is 3.19. The molecule has 1 aromatic rings. The van der Waals surface area contributed by atoms with Crippen molar-refractivity contribution in [1.29, 1.82) is 0 Å². The molecule has 0 saturated carbocycles. The molecule has 3 nitrogen and oxygen atoms in total. The second-order valence-electron chi connectivity index (χ2n) is 2.40. The van der Waals surface area contributed by atoms with Gasteiger partial charge in [0, 0.05) is 5.56 Å². The number of nitrogens with two attached hydrogens (primary N) is 1. The van der Waals surface area contributed by atoms with Crippen molar-refractivity contribution < 1.29 is 9.53 Å². The molecule has 0 aromatic heterocycles. The SMILES string of the molecule is COC(=S)c1ccccc1C(N)=O. The summed E-state index contributed by atoms with van der Waals surface area (Å²) in [7, 11) is 1.46. The molecule has 0 heterocycles. The van der Waals surface area contributed by atoms with E-state index in [4.69, 9.17) is 22.7 Å². The van der Waals surface area contributed by atoms with Crippen LogP contribution in [-0.4, -0.2) is 18.1 Å². The van der Waals surface area contributed by atoms with E-state index in [1.165, 1.54) is 7.11 Å². The van der Waals surface area contributed by atoms with Crippen molar-refractivity contribution in [3.63, 3.8) is 0 Å². The maximum atomic E-state index is 10.9. The van der Waals surface area contributed by atoms with E-state index in [-0.39, 0.29) is 5.05 Å². The number of hydrogen-bond acceptors (Lipinski definition) is 3. The van der Waals surface area contributed by atoms with Crippen LogP contribution < -0.4 is 5.73 Å². The van der Waals surface area contributed by atoms with Crippen LogP contribution in [-0.2, 0) is 4.74 Å². The predicted octanol–water partition coefficient (Wildman–Crippen LogP) is 1.11. The van der Waals surface area contributed by atoms with Crippen molar-refractivity contribution in [2.75, 3.05) is 7.11 Å². The van der Waals surface area contributed by atoms with Crippen molar-refractivity contribution in [3.8, 4) is 0 Å². The molecule has 0 aliphatic carbocycles. The van der Waals surface area contributed by atoms with E-state index in [9.17, 15) is 4.79 Å². The first kappa shape index (κ1) is 9.67. The Hall–Kier alpha value is -1.42. The zero-order chi connectivity index (χ0) is 9.84. The van der Waals surface area contributed by atoms with Crippen LogP contribution in [0.15, 0.2) is 24.3 Å². The average molecular weight is 195 g/mol. The summed E-state index contributed by atoms with van der Waals surface area (Å²) in [5, 5.41) is 0.273. The number of ether oxygens (including phenoxy) is 1. The minimum Gasteiger partial charge on any atom is -0.486 e. The summed E-state index contributed by atoms with van der Waals surface area (Å²) in [6.45, 7) is 0. The molecule has 0 bridgehead atoms. The van der Waals surface area contributed by atoms with Crippen LogP contribution in [0.2, 0.25) is 0 Å². The molecule has 68 valence electrons. The molecular formula is C9H9NO2S. The van der Waals surface area contributed by atoms with Gasteiger partial charge in [-0.1, -0.05) is 12.1 Å². The third-order valence-corrected chi connectivity index (χ3v) is 1.98. The Morgan fingerprint density at radius 2 is 1.92 bits per heavy atom. The molecule has 0 unspecified atom stereocenters. The first-order chi connectivity index (χ1) is 6.16. The highest BCUT2D eigenvalue weighted by atomic mass is 32.1. The van der Waals surface area contributed by atoms with E-state index in [0.29, 0.717) is 11.1 Å². The van der Waals surface area contributed by atoms with Crippen LogP contribution in [0.4, 0.5) is 0 Å². The highest BCUT2D eigenvalue weighted by Gasteiger charge is 2.10. The van der Waals surface area contributed by atoms with Crippen LogP contribution >= 0.6 is 12.2 Å². The normalized spacial score (nSPS) is 9.31. The first-order valence-electron chi connectivity index (χ1n) is 3.64. The fourth-order valence-corrected chi connectivity index (χ4v) is 1.16. The number of benzene rings is 1. The van der Waals surface area contributed by atoms with Crippen LogP contribution in [0.5, 0.6) is 0 Å². The number of methoxy groups -OCH3 is 1. The highest BCUT2D eigenvalue weighted by Crippen LogP contribution is 2.09. The second kappa shape index (κ2) is 4.00. The Kier molecular flexibility index (Phi) is 2.97. The second-order valence-corrected chi connectivity index (χ2v) is 2.77. The molecule has 0 radical (unpaired) electrons. The molecule has 4 heteroatoms. The summed E-state index contributed by atoms with van der Waals surface area (Å²) in [6.07, 6.45) is 0. The zero-order valence-corrected chi connectivity index (χ0v) is 7.93. The number of thiocarbonyl (C=S) groups is 1. The average Bonchev–Trinajstić information content (AvgIpc) is 2.16. The van der Waals surface area contributed by atoms with Gasteiger partial charge in [-0.05, 0) is 24.4 Å². The van der Waals surface area contributed by atoms with Crippen LogP contribution in [0.25, 0.3) is 0 Å². The molecule has 2 N–H and O–H groups in total. The smallest absolute Gasteiger partial charge is 0.249 e. The molecule has 1 rings (SSSR count). The van der Waals surface area contributed by atoms with E-state index < -0.39 is 5.91 Å². The highest BCUT2D eigenvalue weighted by molar-refractivity contribution is 7.80. The van der Waals surface area contributed by atoms with Crippen LogP contribution in [0.3, 0.4) is 0 Å². The minimum absolute atomic E-state index is 0.273. The number of carbonyl (C=O) groups is 1. The molecule has 1 aromatic carbocycles. The maximum Gasteiger partial charge on any atom is 0.249 e. The van der Waals surface area contributed by atoms with Crippen LogP contribution in [0.1, 0.15) is 15.9 Å². The third kappa shape index (κ3) is 2.03. The lowest BCUT2D eigenvalue weighted by molar-refractivity contribution is 0.1000. The van der Waals surface area contributed by atoms with Gasteiger partial charge in [0.05, 0.1) is 12.7 Å². The number of carbonyl (C=O) groups excluding carboxylic acids is 1. The summed E-state index contributed by atoms with van der Waals surface area (Å²) in [6, 6.07) is 6.81. The Bertz CT molecular complexity index is 349. The number of primary amides is 1. The Morgan fingerprint density at radius 3 is 2.38 bits per heavy atom. The van der Waals surface area contributed by atoms with Gasteiger partial charge >= 0.3 is 0 Å². The lowest BCUT2D eigenvalue weighted by Gasteiger charge is -2.05. The Labute approximate surface area is 81.5 Å². The lowest BCUT2D eigenvalue weighted by atomic mass is 10.1. The number of amides is 1. The summed E-state index contributed by atoms with van der Waals surface area (Å²) in [5.41, 5.74) is 6.10. The van der Waals surface area contributed by atoms with Gasteiger partial charge in [0.15, 0.2) is 5.05 Å². The topological polar surface area (TPSA) is 52.3 Å². The van der Waals surface area contributed by atoms with Gasteiger partial charge in [-0.2, -0.15) is 0 Å². The standard InChI is InChI=1S/C9H9NO2S/c1-12-9(13)7-5-3-2-4-6(7)8(10)11/h2-5H,1H3,(H2,10,11). The molecule has 0 saturated heterocycles. The van der Waals surface area contributed by atoms with Gasteiger partial charge in [0.1, 0.15) is 0 Å². The monoisotopic (exact) mass is 195 g/mol. The fraction of sp³-hybridized carbons (Fsp3) is 0.111. The molecule has 0 spiro atoms. The van der Waals surface area contributed by atoms with Crippen molar-refractivity contribution >= 4 is 23.2 Å². The lowest BCUT2D eigenvalue weighted by Crippen LogP contribution is -2.16. The summed E-state index contributed by atoms with van der Waals surface area (Å²) in [5.74, 6) is -0.505. The van der Waals surface area contributed by atoms with E-state index in [1.54, 1.807) is 24.3 Å². The van der Waals surface area contributed by atoms with E-state index in [0.717, 1.165) is 0 Å². The summed E-state index contributed by atoms with van der Waals surface area (Å²) >= 11 is 4.90. The molecule has 1 amide bonds. The molecule has 0 atom stereocenters. The van der Waals surface area contributed by atoms with Gasteiger partial charge in [0.2, 0.25) is 5.91 Å². The largest absolute Gasteiger partial charge is 0.486 e. The van der Waals surface area contributed by atoms with E-state index >= 15 is 0 Å². The van der Waals surface area contributed by atoms with Crippen molar-refractivity contribution in [2.45, 2.75) is 0 Å². The maximum absolute atomic E-state index is 10.9. The van der Waals surface area contributed by atoms with Gasteiger partial charge in [-0.25, -0.2) is 0 Å². The molecule has 0 aliphatic heterocycles. The number of hydrogen-bond donors (Lipinski definition) is 1. The fourth-order valence-electron chi connectivity index (χ4n) is 0.986. The summed E-state index contributed by atoms with van der Waals surface area (Å²) < 4.78 is 4.85. The van der Waals surface area contributed by atoms with Crippen molar-refractivity contribution in [3.05, 3.63) is 35.4 Å². The molecular weight excluding hydrogens is 186 g/mol. The van der Waals surface area contributed by atoms with Crippen LogP contribution in [0, 0.1) is 0 Å². The molecule has 13 heavy (non-hydrogen) atoms. The zero-order valence-electron chi connectivity index (χ0n) is 7.11. The molecule has 0 fully saturated rings. The Morgan fingerprint density at radius 1 is 1.38 bits per heavy atom. The van der Waals surface area contributed by atoms with E-state index in [2.05, 4.69) is 0 Å². The van der Waals surface area contributed by atoms with Gasteiger partial charge in [-0.3, -0.25) is 4.79 Å².